The Bertz CT molecular complexity index is 965. The second kappa shape index (κ2) is 7.31. The Morgan fingerprint density at radius 2 is 2.08 bits per heavy atom. The molecule has 0 N–H and O–H groups in total. The molecule has 0 fully saturated rings. The first-order valence-corrected chi connectivity index (χ1v) is 8.55. The number of nitrogens with zero attached hydrogens (tertiary/aromatic N) is 3. The normalized spacial score (nSPS) is 10.7. The fourth-order valence-electron chi connectivity index (χ4n) is 2.48. The summed E-state index contributed by atoms with van der Waals surface area (Å²) in [6.45, 7) is 4.35. The van der Waals surface area contributed by atoms with E-state index >= 15 is 0 Å². The molecule has 2 aromatic carbocycles. The van der Waals surface area contributed by atoms with E-state index in [9.17, 15) is 14.9 Å². The minimum absolute atomic E-state index is 0.0882. The zero-order valence-corrected chi connectivity index (χ0v) is 14.1. The smallest absolute Gasteiger partial charge is 0.270 e. The number of carbonyl (C=O) groups excluding carboxylic acids is 1. The Balaban J connectivity index is 1.81. The Morgan fingerprint density at radius 3 is 2.84 bits per heavy atom. The molecule has 3 rings (SSSR count). The molecule has 0 aliphatic carbocycles. The molecule has 6 nitrogen and oxygen atoms in total. The van der Waals surface area contributed by atoms with E-state index in [2.05, 4.69) is 11.6 Å². The number of hydrogen-bond donors (Lipinski definition) is 0. The van der Waals surface area contributed by atoms with Gasteiger partial charge >= 0.3 is 0 Å². The number of nitro groups is 1. The average molecular weight is 353 g/mol. The SMILES string of the molecule is C=CCn1c(SCC(=O)c2cccc([N+](=O)[O-])c2)nc2ccccc21. The van der Waals surface area contributed by atoms with E-state index in [1.165, 1.54) is 30.0 Å². The van der Waals surface area contributed by atoms with Gasteiger partial charge in [-0.1, -0.05) is 42.1 Å². The molecule has 1 heterocycles. The van der Waals surface area contributed by atoms with Crippen LogP contribution in [0.25, 0.3) is 11.0 Å². The highest BCUT2D eigenvalue weighted by Gasteiger charge is 2.15. The molecule has 25 heavy (non-hydrogen) atoms. The van der Waals surface area contributed by atoms with Crippen molar-refractivity contribution in [1.82, 2.24) is 9.55 Å². The summed E-state index contributed by atoms with van der Waals surface area (Å²) < 4.78 is 1.99. The molecule has 0 saturated heterocycles. The van der Waals surface area contributed by atoms with E-state index in [1.54, 1.807) is 12.1 Å². The lowest BCUT2D eigenvalue weighted by atomic mass is 10.1. The summed E-state index contributed by atoms with van der Waals surface area (Å²) in [4.78, 5) is 27.3. The molecule has 0 amide bonds. The molecule has 0 aliphatic rings. The van der Waals surface area contributed by atoms with Crippen LogP contribution in [0, 0.1) is 10.1 Å². The summed E-state index contributed by atoms with van der Waals surface area (Å²) in [7, 11) is 0. The molecule has 0 atom stereocenters. The number of para-hydroxylation sites is 2. The number of rotatable bonds is 7. The highest BCUT2D eigenvalue weighted by Crippen LogP contribution is 2.25. The Morgan fingerprint density at radius 1 is 1.28 bits per heavy atom. The van der Waals surface area contributed by atoms with Crippen LogP contribution in [0.4, 0.5) is 5.69 Å². The summed E-state index contributed by atoms with van der Waals surface area (Å²) >= 11 is 1.31. The Kier molecular flexibility index (Phi) is 4.95. The van der Waals surface area contributed by atoms with Crippen molar-refractivity contribution in [2.75, 3.05) is 5.75 Å². The lowest BCUT2D eigenvalue weighted by Gasteiger charge is -2.05. The average Bonchev–Trinajstić information content (AvgIpc) is 2.98. The van der Waals surface area contributed by atoms with E-state index in [1.807, 2.05) is 28.8 Å². The third kappa shape index (κ3) is 3.61. The standard InChI is InChI=1S/C18H15N3O3S/c1-2-10-20-16-9-4-3-8-15(16)19-18(20)25-12-17(22)13-6-5-7-14(11-13)21(23)24/h2-9,11H,1,10,12H2. The van der Waals surface area contributed by atoms with Crippen molar-refractivity contribution in [3.8, 4) is 0 Å². The number of allylic oxidation sites excluding steroid dienone is 1. The van der Waals surface area contributed by atoms with Gasteiger partial charge in [-0.05, 0) is 12.1 Å². The topological polar surface area (TPSA) is 78.0 Å². The number of fused-ring (bicyclic) bond motifs is 1. The number of imidazole rings is 1. The number of Topliss-reactive ketones (excluding diaryl/α,β-unsaturated/α-hetero) is 1. The monoisotopic (exact) mass is 353 g/mol. The predicted octanol–water partition coefficient (Wildman–Crippen LogP) is 4.11. The van der Waals surface area contributed by atoms with E-state index in [-0.39, 0.29) is 17.2 Å². The number of thioether (sulfide) groups is 1. The molecule has 0 unspecified atom stereocenters. The quantitative estimate of drug-likeness (QED) is 0.210. The van der Waals surface area contributed by atoms with Crippen molar-refractivity contribution >= 4 is 34.3 Å². The maximum absolute atomic E-state index is 12.4. The number of nitro benzene ring substituents is 1. The van der Waals surface area contributed by atoms with Gasteiger partial charge in [0.05, 0.1) is 21.7 Å². The minimum Gasteiger partial charge on any atom is -0.315 e. The maximum atomic E-state index is 12.4. The maximum Gasteiger partial charge on any atom is 0.270 e. The van der Waals surface area contributed by atoms with E-state index in [0.717, 1.165) is 16.2 Å². The number of benzene rings is 2. The molecule has 7 heteroatoms. The van der Waals surface area contributed by atoms with Gasteiger partial charge in [0.2, 0.25) is 0 Å². The summed E-state index contributed by atoms with van der Waals surface area (Å²) in [6, 6.07) is 13.5. The molecule has 3 aromatic rings. The fraction of sp³-hybridized carbons (Fsp3) is 0.111. The molecule has 0 spiro atoms. The van der Waals surface area contributed by atoms with Gasteiger partial charge in [-0.15, -0.1) is 6.58 Å². The summed E-state index contributed by atoms with van der Waals surface area (Å²) in [6.07, 6.45) is 1.78. The Labute approximate surface area is 148 Å². The van der Waals surface area contributed by atoms with Crippen LogP contribution in [0.1, 0.15) is 10.4 Å². The van der Waals surface area contributed by atoms with E-state index < -0.39 is 4.92 Å². The number of ketones is 1. The summed E-state index contributed by atoms with van der Waals surface area (Å²) in [5, 5.41) is 11.6. The molecule has 0 saturated carbocycles. The van der Waals surface area contributed by atoms with Gasteiger partial charge in [-0.2, -0.15) is 0 Å². The summed E-state index contributed by atoms with van der Waals surface area (Å²) in [5.41, 5.74) is 2.07. The van der Waals surface area contributed by atoms with Crippen LogP contribution in [-0.4, -0.2) is 26.0 Å². The minimum atomic E-state index is -0.507. The first-order valence-electron chi connectivity index (χ1n) is 7.57. The van der Waals surface area contributed by atoms with Gasteiger partial charge in [-0.25, -0.2) is 4.98 Å². The van der Waals surface area contributed by atoms with Crippen molar-refractivity contribution < 1.29 is 9.72 Å². The van der Waals surface area contributed by atoms with Crippen LogP contribution >= 0.6 is 11.8 Å². The number of hydrogen-bond acceptors (Lipinski definition) is 5. The lowest BCUT2D eigenvalue weighted by Crippen LogP contribution is -2.05. The second-order valence-electron chi connectivity index (χ2n) is 5.30. The molecule has 0 radical (unpaired) electrons. The van der Waals surface area contributed by atoms with E-state index in [0.29, 0.717) is 12.1 Å². The summed E-state index contributed by atoms with van der Waals surface area (Å²) in [5.74, 6) is -0.0207. The molecule has 0 bridgehead atoms. The largest absolute Gasteiger partial charge is 0.315 e. The molecule has 126 valence electrons. The number of aromatic nitrogens is 2. The second-order valence-corrected chi connectivity index (χ2v) is 6.24. The zero-order valence-electron chi connectivity index (χ0n) is 13.3. The molecule has 0 aliphatic heterocycles. The van der Waals surface area contributed by atoms with Crippen LogP contribution < -0.4 is 0 Å². The van der Waals surface area contributed by atoms with Crippen LogP contribution in [0.5, 0.6) is 0 Å². The predicted molar refractivity (Wildman–Crippen MR) is 98.1 cm³/mol. The van der Waals surface area contributed by atoms with Crippen LogP contribution in [0.15, 0.2) is 66.3 Å². The van der Waals surface area contributed by atoms with Gasteiger partial charge in [0.15, 0.2) is 10.9 Å². The van der Waals surface area contributed by atoms with E-state index in [4.69, 9.17) is 0 Å². The molecular weight excluding hydrogens is 338 g/mol. The third-order valence-electron chi connectivity index (χ3n) is 3.64. The third-order valence-corrected chi connectivity index (χ3v) is 4.62. The van der Waals surface area contributed by atoms with Crippen molar-refractivity contribution in [3.63, 3.8) is 0 Å². The van der Waals surface area contributed by atoms with Gasteiger partial charge in [0, 0.05) is 24.2 Å². The number of non-ortho nitro benzene ring substituents is 1. The van der Waals surface area contributed by atoms with Crippen LogP contribution in [-0.2, 0) is 6.54 Å². The highest BCUT2D eigenvalue weighted by atomic mass is 32.2. The van der Waals surface area contributed by atoms with Crippen molar-refractivity contribution in [1.29, 1.82) is 0 Å². The highest BCUT2D eigenvalue weighted by molar-refractivity contribution is 7.99. The van der Waals surface area contributed by atoms with Gasteiger partial charge < -0.3 is 4.57 Å². The van der Waals surface area contributed by atoms with Crippen LogP contribution in [0.3, 0.4) is 0 Å². The molecular formula is C18H15N3O3S. The zero-order chi connectivity index (χ0) is 17.8. The van der Waals surface area contributed by atoms with Gasteiger partial charge in [-0.3, -0.25) is 14.9 Å². The number of carbonyl (C=O) groups is 1. The lowest BCUT2D eigenvalue weighted by molar-refractivity contribution is -0.384. The van der Waals surface area contributed by atoms with Crippen molar-refractivity contribution in [2.24, 2.45) is 0 Å². The fourth-order valence-corrected chi connectivity index (χ4v) is 3.39. The van der Waals surface area contributed by atoms with Gasteiger partial charge in [0.1, 0.15) is 0 Å². The molecule has 1 aromatic heterocycles. The van der Waals surface area contributed by atoms with Crippen molar-refractivity contribution in [3.05, 3.63) is 76.9 Å². The first-order chi connectivity index (χ1) is 12.1. The first kappa shape index (κ1) is 16.9. The Hall–Kier alpha value is -2.93. The van der Waals surface area contributed by atoms with Crippen molar-refractivity contribution in [2.45, 2.75) is 11.7 Å². The van der Waals surface area contributed by atoms with Gasteiger partial charge in [0.25, 0.3) is 5.69 Å². The van der Waals surface area contributed by atoms with Crippen LogP contribution in [0.2, 0.25) is 0 Å².